The highest BCUT2D eigenvalue weighted by Gasteiger charge is 2.41. The average molecular weight is 327 g/mol. The quantitative estimate of drug-likeness (QED) is 0.737. The molecule has 24 heavy (non-hydrogen) atoms. The fourth-order valence-corrected chi connectivity index (χ4v) is 3.30. The van der Waals surface area contributed by atoms with Crippen LogP contribution in [-0.4, -0.2) is 36.4 Å². The molecule has 0 spiro atoms. The number of dihydropyridines is 1. The first-order chi connectivity index (χ1) is 11.4. The molecule has 2 heterocycles. The van der Waals surface area contributed by atoms with Crippen LogP contribution in [0.15, 0.2) is 40.9 Å². The number of nitrogens with zero attached hydrogens (tertiary/aromatic N) is 2. The summed E-state index contributed by atoms with van der Waals surface area (Å²) in [7, 11) is 0. The molecule has 3 atom stereocenters. The van der Waals surface area contributed by atoms with Crippen molar-refractivity contribution in [3.05, 3.63) is 41.5 Å². The number of fused-ring (bicyclic) bond motifs is 3. The molecule has 0 aromatic heterocycles. The standard InChI is InChI=1S/C17H21N5O2/c1-9(18)8-22-14-6-4-3-5-11(14)12-7-13(15(19)24)16(20-10(2)23)21-17(12)22/h3-7,9,12,17H,8,18H2,1-2H3,(H2,19,24)(H,20,21,23)/t9-,12?,17?/m0/s1. The number of hydrogen-bond donors (Lipinski definition) is 3. The van der Waals surface area contributed by atoms with Crippen LogP contribution >= 0.6 is 0 Å². The van der Waals surface area contributed by atoms with Gasteiger partial charge in [0.1, 0.15) is 12.0 Å². The van der Waals surface area contributed by atoms with Gasteiger partial charge in [-0.1, -0.05) is 24.3 Å². The van der Waals surface area contributed by atoms with Crippen LogP contribution < -0.4 is 21.7 Å². The van der Waals surface area contributed by atoms with E-state index in [-0.39, 0.29) is 35.4 Å². The minimum absolute atomic E-state index is 0.0438. The molecule has 2 aliphatic rings. The Balaban J connectivity index is 2.08. The lowest BCUT2D eigenvalue weighted by atomic mass is 9.93. The Morgan fingerprint density at radius 3 is 2.71 bits per heavy atom. The Morgan fingerprint density at radius 1 is 1.38 bits per heavy atom. The Labute approximate surface area is 140 Å². The van der Waals surface area contributed by atoms with Crippen LogP contribution in [0.1, 0.15) is 25.3 Å². The van der Waals surface area contributed by atoms with Crippen molar-refractivity contribution in [1.29, 1.82) is 0 Å². The maximum Gasteiger partial charge on any atom is 0.252 e. The van der Waals surface area contributed by atoms with Crippen LogP contribution in [-0.2, 0) is 9.59 Å². The maximum absolute atomic E-state index is 11.8. The number of benzene rings is 1. The smallest absolute Gasteiger partial charge is 0.252 e. The van der Waals surface area contributed by atoms with E-state index in [0.717, 1.165) is 11.3 Å². The third kappa shape index (κ3) is 2.78. The van der Waals surface area contributed by atoms with Crippen LogP contribution in [0.25, 0.3) is 0 Å². The van der Waals surface area contributed by atoms with E-state index in [9.17, 15) is 9.59 Å². The normalized spacial score (nSPS) is 22.9. The van der Waals surface area contributed by atoms with E-state index in [4.69, 9.17) is 11.5 Å². The third-order valence-electron chi connectivity index (χ3n) is 4.15. The van der Waals surface area contributed by atoms with Gasteiger partial charge in [0.2, 0.25) is 5.91 Å². The van der Waals surface area contributed by atoms with Crippen molar-refractivity contribution in [3.63, 3.8) is 0 Å². The first kappa shape index (κ1) is 16.2. The fraction of sp³-hybridized carbons (Fsp3) is 0.353. The number of carbonyl (C=O) groups excluding carboxylic acids is 2. The van der Waals surface area contributed by atoms with E-state index >= 15 is 0 Å². The van der Waals surface area contributed by atoms with E-state index in [1.165, 1.54) is 6.92 Å². The molecule has 2 unspecified atom stereocenters. The summed E-state index contributed by atoms with van der Waals surface area (Å²) < 4.78 is 0. The first-order valence-electron chi connectivity index (χ1n) is 7.87. The topological polar surface area (TPSA) is 114 Å². The highest BCUT2D eigenvalue weighted by atomic mass is 16.2. The molecule has 2 amide bonds. The van der Waals surface area contributed by atoms with E-state index in [1.54, 1.807) is 6.08 Å². The lowest BCUT2D eigenvalue weighted by Gasteiger charge is -2.31. The number of nitrogens with one attached hydrogen (secondary N) is 1. The van der Waals surface area contributed by atoms with Crippen LogP contribution in [0.3, 0.4) is 0 Å². The van der Waals surface area contributed by atoms with Crippen molar-refractivity contribution in [2.45, 2.75) is 32.0 Å². The molecular weight excluding hydrogens is 306 g/mol. The molecule has 2 aliphatic heterocycles. The van der Waals surface area contributed by atoms with Crippen LogP contribution in [0.5, 0.6) is 0 Å². The summed E-state index contributed by atoms with van der Waals surface area (Å²) >= 11 is 0. The zero-order valence-electron chi connectivity index (χ0n) is 13.7. The molecule has 126 valence electrons. The van der Waals surface area contributed by atoms with E-state index in [1.807, 2.05) is 31.2 Å². The second-order valence-electron chi connectivity index (χ2n) is 6.23. The van der Waals surface area contributed by atoms with Crippen LogP contribution in [0.2, 0.25) is 0 Å². The Morgan fingerprint density at radius 2 is 2.08 bits per heavy atom. The van der Waals surface area contributed by atoms with Crippen LogP contribution in [0.4, 0.5) is 5.69 Å². The van der Waals surface area contributed by atoms with Gasteiger partial charge in [-0.3, -0.25) is 9.59 Å². The summed E-state index contributed by atoms with van der Waals surface area (Å²) in [5, 5.41) is 2.61. The first-order valence-corrected chi connectivity index (χ1v) is 7.87. The molecule has 0 saturated carbocycles. The molecular formula is C17H21N5O2. The van der Waals surface area contributed by atoms with Gasteiger partial charge in [0.05, 0.1) is 5.57 Å². The summed E-state index contributed by atoms with van der Waals surface area (Å²) in [5.41, 5.74) is 13.8. The van der Waals surface area contributed by atoms with Gasteiger partial charge in [-0.15, -0.1) is 0 Å². The summed E-state index contributed by atoms with van der Waals surface area (Å²) in [6, 6.07) is 7.90. The van der Waals surface area contributed by atoms with Crippen molar-refractivity contribution in [1.82, 2.24) is 5.32 Å². The van der Waals surface area contributed by atoms with Crippen molar-refractivity contribution in [2.75, 3.05) is 11.4 Å². The number of amides is 2. The van der Waals surface area contributed by atoms with Gasteiger partial charge in [-0.25, -0.2) is 4.99 Å². The van der Waals surface area contributed by atoms with Crippen molar-refractivity contribution in [2.24, 2.45) is 16.5 Å². The Bertz CT molecular complexity index is 753. The molecule has 7 nitrogen and oxygen atoms in total. The molecule has 1 aromatic rings. The highest BCUT2D eigenvalue weighted by Crippen LogP contribution is 2.44. The zero-order valence-corrected chi connectivity index (χ0v) is 13.7. The lowest BCUT2D eigenvalue weighted by molar-refractivity contribution is -0.117. The summed E-state index contributed by atoms with van der Waals surface area (Å²) in [6.07, 6.45) is 1.55. The molecule has 0 saturated heterocycles. The van der Waals surface area contributed by atoms with Gasteiger partial charge in [-0.2, -0.15) is 0 Å². The molecule has 0 bridgehead atoms. The predicted molar refractivity (Wildman–Crippen MR) is 92.5 cm³/mol. The number of rotatable bonds is 3. The molecule has 0 radical (unpaired) electrons. The van der Waals surface area contributed by atoms with Gasteiger partial charge >= 0.3 is 0 Å². The summed E-state index contributed by atoms with van der Waals surface area (Å²) in [4.78, 5) is 30.0. The second kappa shape index (κ2) is 6.09. The number of para-hydroxylation sites is 1. The van der Waals surface area contributed by atoms with Crippen molar-refractivity contribution >= 4 is 23.3 Å². The lowest BCUT2D eigenvalue weighted by Crippen LogP contribution is -2.45. The predicted octanol–water partition coefficient (Wildman–Crippen LogP) is 0.223. The number of amidine groups is 1. The number of anilines is 1. The van der Waals surface area contributed by atoms with E-state index in [2.05, 4.69) is 15.2 Å². The number of hydrogen-bond acceptors (Lipinski definition) is 5. The summed E-state index contributed by atoms with van der Waals surface area (Å²) in [6.45, 7) is 3.92. The van der Waals surface area contributed by atoms with Crippen molar-refractivity contribution in [3.8, 4) is 0 Å². The molecule has 5 N–H and O–H groups in total. The maximum atomic E-state index is 11.8. The Kier molecular flexibility index (Phi) is 4.11. The highest BCUT2D eigenvalue weighted by molar-refractivity contribution is 6.24. The third-order valence-corrected chi connectivity index (χ3v) is 4.15. The summed E-state index contributed by atoms with van der Waals surface area (Å²) in [5.74, 6) is -0.781. The monoisotopic (exact) mass is 327 g/mol. The second-order valence-corrected chi connectivity index (χ2v) is 6.23. The molecule has 3 rings (SSSR count). The fourth-order valence-electron chi connectivity index (χ4n) is 3.30. The van der Waals surface area contributed by atoms with Gasteiger partial charge in [-0.05, 0) is 18.6 Å². The number of primary amides is 1. The van der Waals surface area contributed by atoms with Crippen molar-refractivity contribution < 1.29 is 9.59 Å². The average Bonchev–Trinajstić information content (AvgIpc) is 2.79. The Hall–Kier alpha value is -2.67. The zero-order chi connectivity index (χ0) is 17.4. The minimum atomic E-state index is -0.607. The molecule has 0 fully saturated rings. The van der Waals surface area contributed by atoms with Gasteiger partial charge in [0, 0.05) is 31.1 Å². The molecule has 0 aliphatic carbocycles. The van der Waals surface area contributed by atoms with Crippen LogP contribution in [0, 0.1) is 0 Å². The number of aliphatic imine (C=N–C) groups is 1. The van der Waals surface area contributed by atoms with Gasteiger partial charge in [0.25, 0.3) is 5.91 Å². The number of nitrogens with two attached hydrogens (primary N) is 2. The largest absolute Gasteiger partial charge is 0.365 e. The van der Waals surface area contributed by atoms with E-state index in [0.29, 0.717) is 6.54 Å². The van der Waals surface area contributed by atoms with Gasteiger partial charge in [0.15, 0.2) is 0 Å². The SMILES string of the molecule is CC(=O)NC1=NC2C(C=C1C(N)=O)c1ccccc1N2C[C@H](C)N. The molecule has 7 heteroatoms. The van der Waals surface area contributed by atoms with E-state index < -0.39 is 5.91 Å². The minimum Gasteiger partial charge on any atom is -0.365 e. The molecule has 1 aromatic carbocycles. The number of carbonyl (C=O) groups is 2. The van der Waals surface area contributed by atoms with Gasteiger partial charge < -0.3 is 21.7 Å².